The van der Waals surface area contributed by atoms with E-state index < -0.39 is 30.4 Å². The summed E-state index contributed by atoms with van der Waals surface area (Å²) in [5, 5.41) is 24.0. The monoisotopic (exact) mass is 478 g/mol. The van der Waals surface area contributed by atoms with Crippen LogP contribution in [0.15, 0.2) is 48.5 Å². The second-order valence-electron chi connectivity index (χ2n) is 8.55. The quantitative estimate of drug-likeness (QED) is 0.338. The number of hydrogen-bond donors (Lipinski definition) is 5. The number of anilines is 1. The lowest BCUT2D eigenvalue weighted by Gasteiger charge is -2.19. The van der Waals surface area contributed by atoms with Gasteiger partial charge in [-0.15, -0.1) is 0 Å². The van der Waals surface area contributed by atoms with Gasteiger partial charge in [-0.3, -0.25) is 19.3 Å². The highest BCUT2D eigenvalue weighted by molar-refractivity contribution is 5.98. The van der Waals surface area contributed by atoms with Crippen molar-refractivity contribution in [3.63, 3.8) is 0 Å². The van der Waals surface area contributed by atoms with Crippen molar-refractivity contribution in [2.45, 2.75) is 31.5 Å². The Bertz CT molecular complexity index is 1100. The number of nitrogens with two attached hydrogens (primary N) is 1. The first kappa shape index (κ1) is 26.1. The Labute approximate surface area is 204 Å². The zero-order chi connectivity index (χ0) is 25.4. The van der Waals surface area contributed by atoms with Crippen molar-refractivity contribution in [2.24, 2.45) is 5.73 Å². The second-order valence-corrected chi connectivity index (χ2v) is 8.55. The number of ketones is 1. The number of hydrogen-bond acceptors (Lipinski definition) is 7. The molecular formula is C26H30N4O5. The van der Waals surface area contributed by atoms with E-state index in [2.05, 4.69) is 22.5 Å². The number of nitrogens with zero attached hydrogens (tertiary/aromatic N) is 1. The van der Waals surface area contributed by atoms with Crippen molar-refractivity contribution in [2.75, 3.05) is 31.6 Å². The molecule has 2 aromatic carbocycles. The highest BCUT2D eigenvalue weighted by atomic mass is 16.3. The molecule has 3 atom stereocenters. The number of aliphatic hydroxyl groups excluding tert-OH is 2. The molecule has 0 aromatic heterocycles. The number of carbonyl (C=O) groups is 3. The number of likely N-dealkylation sites (tertiary alicyclic amines) is 1. The molecule has 0 spiro atoms. The molecule has 0 aliphatic carbocycles. The minimum atomic E-state index is -1.18. The lowest BCUT2D eigenvalue weighted by Crippen LogP contribution is -2.48. The van der Waals surface area contributed by atoms with Crippen LogP contribution in [0.5, 0.6) is 0 Å². The molecule has 6 N–H and O–H groups in total. The molecule has 0 saturated carbocycles. The van der Waals surface area contributed by atoms with Crippen molar-refractivity contribution in [3.05, 3.63) is 65.2 Å². The summed E-state index contributed by atoms with van der Waals surface area (Å²) >= 11 is 0. The Hall–Kier alpha value is -3.55. The van der Waals surface area contributed by atoms with Crippen LogP contribution in [0.2, 0.25) is 0 Å². The molecule has 2 aromatic rings. The number of Topliss-reactive ketones (excluding diaryl/α,β-unsaturated/α-hetero) is 1. The average Bonchev–Trinajstić information content (AvgIpc) is 3.25. The summed E-state index contributed by atoms with van der Waals surface area (Å²) in [6.07, 6.45) is -0.224. The topological polar surface area (TPSA) is 145 Å². The Kier molecular flexibility index (Phi) is 9.11. The molecule has 9 heteroatoms. The highest BCUT2D eigenvalue weighted by Crippen LogP contribution is 2.11. The molecule has 2 amide bonds. The van der Waals surface area contributed by atoms with Gasteiger partial charge < -0.3 is 26.6 Å². The van der Waals surface area contributed by atoms with Crippen LogP contribution in [-0.2, 0) is 9.59 Å². The molecule has 184 valence electrons. The third-order valence-corrected chi connectivity index (χ3v) is 5.61. The van der Waals surface area contributed by atoms with Gasteiger partial charge in [0.15, 0.2) is 5.78 Å². The zero-order valence-electron chi connectivity index (χ0n) is 19.5. The molecule has 1 heterocycles. The van der Waals surface area contributed by atoms with Gasteiger partial charge >= 0.3 is 0 Å². The van der Waals surface area contributed by atoms with E-state index in [0.717, 1.165) is 25.1 Å². The van der Waals surface area contributed by atoms with Gasteiger partial charge in [0.2, 0.25) is 5.91 Å². The van der Waals surface area contributed by atoms with Crippen LogP contribution >= 0.6 is 0 Å². The van der Waals surface area contributed by atoms with Gasteiger partial charge in [0.25, 0.3) is 5.91 Å². The first-order chi connectivity index (χ1) is 16.7. The summed E-state index contributed by atoms with van der Waals surface area (Å²) in [6, 6.07) is 12.6. The molecule has 1 unspecified atom stereocenters. The largest absolute Gasteiger partial charge is 0.391 e. The van der Waals surface area contributed by atoms with Crippen LogP contribution in [-0.4, -0.2) is 77.1 Å². The van der Waals surface area contributed by atoms with Gasteiger partial charge in [-0.1, -0.05) is 11.8 Å². The van der Waals surface area contributed by atoms with Gasteiger partial charge in [-0.05, 0) is 61.9 Å². The molecule has 1 saturated heterocycles. The molecule has 35 heavy (non-hydrogen) atoms. The number of carbonyl (C=O) groups excluding carboxylic acids is 3. The summed E-state index contributed by atoms with van der Waals surface area (Å²) in [5.74, 6) is 4.75. The second kappa shape index (κ2) is 12.2. The van der Waals surface area contributed by atoms with Gasteiger partial charge in [0, 0.05) is 41.5 Å². The van der Waals surface area contributed by atoms with E-state index in [-0.39, 0.29) is 11.9 Å². The Morgan fingerprint density at radius 2 is 1.69 bits per heavy atom. The Balaban J connectivity index is 1.55. The van der Waals surface area contributed by atoms with E-state index in [9.17, 15) is 19.5 Å². The lowest BCUT2D eigenvalue weighted by atomic mass is 10.1. The van der Waals surface area contributed by atoms with E-state index >= 15 is 0 Å². The number of aliphatic hydroxyl groups is 2. The minimum absolute atomic E-state index is 0.0810. The molecular weight excluding hydrogens is 448 g/mol. The van der Waals surface area contributed by atoms with Crippen LogP contribution in [0, 0.1) is 11.8 Å². The molecule has 3 rings (SSSR count). The molecule has 1 aliphatic rings. The Morgan fingerprint density at radius 3 is 2.20 bits per heavy atom. The third-order valence-electron chi connectivity index (χ3n) is 5.61. The number of amides is 2. The first-order valence-electron chi connectivity index (χ1n) is 11.4. The van der Waals surface area contributed by atoms with E-state index in [0.29, 0.717) is 23.4 Å². The van der Waals surface area contributed by atoms with Crippen LogP contribution in [0.1, 0.15) is 34.8 Å². The van der Waals surface area contributed by atoms with Gasteiger partial charge in [-0.25, -0.2) is 0 Å². The van der Waals surface area contributed by atoms with Crippen molar-refractivity contribution in [1.29, 1.82) is 0 Å². The van der Waals surface area contributed by atoms with Gasteiger partial charge in [-0.2, -0.15) is 0 Å². The highest BCUT2D eigenvalue weighted by Gasteiger charge is 2.25. The SMILES string of the molecule is C[C@@H](O)[C@H](NC(=O)c1ccc(C#Cc2ccc(NC(=O)CN3CCC(N)C3)cc2)cc1)C(=O)CO. The molecule has 0 radical (unpaired) electrons. The molecule has 0 bridgehead atoms. The minimum Gasteiger partial charge on any atom is -0.391 e. The third kappa shape index (κ3) is 7.73. The van der Waals surface area contributed by atoms with Gasteiger partial charge in [0.05, 0.1) is 12.6 Å². The predicted molar refractivity (Wildman–Crippen MR) is 132 cm³/mol. The maximum atomic E-state index is 12.4. The summed E-state index contributed by atoms with van der Waals surface area (Å²) < 4.78 is 0. The fourth-order valence-electron chi connectivity index (χ4n) is 3.69. The van der Waals surface area contributed by atoms with Crippen LogP contribution < -0.4 is 16.4 Å². The smallest absolute Gasteiger partial charge is 0.251 e. The van der Waals surface area contributed by atoms with Crippen molar-refractivity contribution >= 4 is 23.3 Å². The zero-order valence-corrected chi connectivity index (χ0v) is 19.5. The van der Waals surface area contributed by atoms with E-state index in [1.807, 2.05) is 17.0 Å². The number of benzene rings is 2. The average molecular weight is 479 g/mol. The molecule has 1 fully saturated rings. The summed E-state index contributed by atoms with van der Waals surface area (Å²) in [4.78, 5) is 38.3. The fraction of sp³-hybridized carbons (Fsp3) is 0.346. The van der Waals surface area contributed by atoms with Crippen molar-refractivity contribution < 1.29 is 24.6 Å². The number of nitrogens with one attached hydrogen (secondary N) is 2. The van der Waals surface area contributed by atoms with Crippen LogP contribution in [0.3, 0.4) is 0 Å². The standard InChI is InChI=1S/C26H30N4O5/c1-17(32)25(23(33)16-31)29-26(35)20-8-4-18(5-9-20)2-3-19-6-10-22(11-7-19)28-24(34)15-30-13-12-21(27)14-30/h4-11,17,21,25,31-32H,12-16,27H2,1H3,(H,28,34)(H,29,35)/t17-,21?,25+/m1/s1. The van der Waals surface area contributed by atoms with Crippen LogP contribution in [0.4, 0.5) is 5.69 Å². The maximum Gasteiger partial charge on any atom is 0.251 e. The van der Waals surface area contributed by atoms with Crippen LogP contribution in [0.25, 0.3) is 0 Å². The maximum absolute atomic E-state index is 12.4. The van der Waals surface area contributed by atoms with E-state index in [4.69, 9.17) is 10.8 Å². The molecule has 1 aliphatic heterocycles. The first-order valence-corrected chi connectivity index (χ1v) is 11.4. The summed E-state index contributed by atoms with van der Waals surface area (Å²) in [7, 11) is 0. The number of rotatable bonds is 8. The van der Waals surface area contributed by atoms with Gasteiger partial charge in [0.1, 0.15) is 12.6 Å². The lowest BCUT2D eigenvalue weighted by molar-refractivity contribution is -0.126. The normalized spacial score (nSPS) is 17.1. The van der Waals surface area contributed by atoms with E-state index in [1.165, 1.54) is 6.92 Å². The summed E-state index contributed by atoms with van der Waals surface area (Å²) in [6.45, 7) is 2.48. The van der Waals surface area contributed by atoms with Crippen molar-refractivity contribution in [1.82, 2.24) is 10.2 Å². The predicted octanol–water partition coefficient (Wildman–Crippen LogP) is 0.0985. The van der Waals surface area contributed by atoms with E-state index in [1.54, 1.807) is 36.4 Å². The fourth-order valence-corrected chi connectivity index (χ4v) is 3.69. The Morgan fingerprint density at radius 1 is 1.09 bits per heavy atom. The van der Waals surface area contributed by atoms with Crippen molar-refractivity contribution in [3.8, 4) is 11.8 Å². The molecule has 9 nitrogen and oxygen atoms in total. The summed E-state index contributed by atoms with van der Waals surface area (Å²) in [5.41, 5.74) is 8.30.